The van der Waals surface area contributed by atoms with E-state index in [1.54, 1.807) is 30.2 Å². The van der Waals surface area contributed by atoms with Crippen molar-refractivity contribution < 1.29 is 8.81 Å². The zero-order valence-electron chi connectivity index (χ0n) is 12.8. The summed E-state index contributed by atoms with van der Waals surface area (Å²) < 4.78 is 20.8. The SMILES string of the molecule is Cc1occc1-c1nnc(SCCSc2ccccc2F)n1C. The molecule has 0 atom stereocenters. The van der Waals surface area contributed by atoms with Gasteiger partial charge in [-0.2, -0.15) is 0 Å². The molecule has 0 aliphatic heterocycles. The molecule has 0 aliphatic carbocycles. The number of rotatable bonds is 6. The number of halogens is 1. The van der Waals surface area contributed by atoms with E-state index in [9.17, 15) is 4.39 Å². The van der Waals surface area contributed by atoms with Gasteiger partial charge in [0.15, 0.2) is 11.0 Å². The predicted octanol–water partition coefficient (Wildman–Crippen LogP) is 4.41. The molecule has 1 aromatic carbocycles. The molecule has 0 radical (unpaired) electrons. The zero-order chi connectivity index (χ0) is 16.2. The van der Waals surface area contributed by atoms with Gasteiger partial charge in [0.25, 0.3) is 0 Å². The molecule has 2 heterocycles. The van der Waals surface area contributed by atoms with Crippen LogP contribution in [0.25, 0.3) is 11.4 Å². The molecule has 0 spiro atoms. The molecule has 120 valence electrons. The third-order valence-electron chi connectivity index (χ3n) is 3.34. The molecule has 0 bridgehead atoms. The average molecular weight is 349 g/mol. The second-order valence-electron chi connectivity index (χ2n) is 4.88. The molecular formula is C16H16FN3OS2. The van der Waals surface area contributed by atoms with Crippen LogP contribution < -0.4 is 0 Å². The van der Waals surface area contributed by atoms with Gasteiger partial charge in [-0.05, 0) is 25.1 Å². The van der Waals surface area contributed by atoms with Gasteiger partial charge in [0.05, 0.1) is 11.8 Å². The van der Waals surface area contributed by atoms with Gasteiger partial charge in [-0.1, -0.05) is 23.9 Å². The van der Waals surface area contributed by atoms with Crippen molar-refractivity contribution in [1.82, 2.24) is 14.8 Å². The first-order chi connectivity index (χ1) is 11.2. The third kappa shape index (κ3) is 3.61. The van der Waals surface area contributed by atoms with E-state index >= 15 is 0 Å². The maximum Gasteiger partial charge on any atom is 0.191 e. The van der Waals surface area contributed by atoms with E-state index in [0.29, 0.717) is 4.90 Å². The van der Waals surface area contributed by atoms with Crippen molar-refractivity contribution in [3.63, 3.8) is 0 Å². The lowest BCUT2D eigenvalue weighted by atomic mass is 10.2. The van der Waals surface area contributed by atoms with Crippen LogP contribution in [0.5, 0.6) is 0 Å². The second kappa shape index (κ2) is 7.23. The van der Waals surface area contributed by atoms with Crippen LogP contribution in [-0.2, 0) is 7.05 Å². The Balaban J connectivity index is 1.58. The minimum atomic E-state index is -0.168. The molecule has 3 rings (SSSR count). The number of aryl methyl sites for hydroxylation is 1. The average Bonchev–Trinajstić information content (AvgIpc) is 3.11. The standard InChI is InChI=1S/C16H16FN3OS2/c1-11-12(7-8-21-11)15-18-19-16(20(15)2)23-10-9-22-14-6-4-3-5-13(14)17/h3-8H,9-10H2,1-2H3. The summed E-state index contributed by atoms with van der Waals surface area (Å²) in [6.07, 6.45) is 1.65. The molecule has 4 nitrogen and oxygen atoms in total. The van der Waals surface area contributed by atoms with E-state index in [0.717, 1.165) is 33.8 Å². The third-order valence-corrected chi connectivity index (χ3v) is 5.67. The number of furan rings is 1. The van der Waals surface area contributed by atoms with E-state index in [4.69, 9.17) is 4.42 Å². The van der Waals surface area contributed by atoms with Crippen LogP contribution in [0.4, 0.5) is 4.39 Å². The van der Waals surface area contributed by atoms with E-state index in [2.05, 4.69) is 10.2 Å². The van der Waals surface area contributed by atoms with Crippen LogP contribution in [-0.4, -0.2) is 26.3 Å². The Hall–Kier alpha value is -1.73. The van der Waals surface area contributed by atoms with E-state index in [-0.39, 0.29) is 5.82 Å². The Bertz CT molecular complexity index is 800. The predicted molar refractivity (Wildman–Crippen MR) is 91.3 cm³/mol. The Morgan fingerprint density at radius 1 is 1.13 bits per heavy atom. The van der Waals surface area contributed by atoms with Crippen molar-refractivity contribution in [2.75, 3.05) is 11.5 Å². The topological polar surface area (TPSA) is 43.9 Å². The fourth-order valence-electron chi connectivity index (χ4n) is 2.14. The maximum atomic E-state index is 13.5. The maximum absolute atomic E-state index is 13.5. The Kier molecular flexibility index (Phi) is 5.07. The van der Waals surface area contributed by atoms with Gasteiger partial charge < -0.3 is 8.98 Å². The van der Waals surface area contributed by atoms with Crippen LogP contribution in [0.2, 0.25) is 0 Å². The lowest BCUT2D eigenvalue weighted by Gasteiger charge is -2.04. The summed E-state index contributed by atoms with van der Waals surface area (Å²) in [5, 5.41) is 9.30. The largest absolute Gasteiger partial charge is 0.469 e. The van der Waals surface area contributed by atoms with Crippen molar-refractivity contribution in [2.24, 2.45) is 7.05 Å². The lowest BCUT2D eigenvalue weighted by molar-refractivity contribution is 0.534. The quantitative estimate of drug-likeness (QED) is 0.487. The van der Waals surface area contributed by atoms with Gasteiger partial charge in [-0.25, -0.2) is 4.39 Å². The van der Waals surface area contributed by atoms with Gasteiger partial charge in [0.1, 0.15) is 11.6 Å². The highest BCUT2D eigenvalue weighted by molar-refractivity contribution is 8.02. The summed E-state index contributed by atoms with van der Waals surface area (Å²) in [5.41, 5.74) is 0.951. The second-order valence-corrected chi connectivity index (χ2v) is 7.08. The van der Waals surface area contributed by atoms with Crippen LogP contribution in [0.1, 0.15) is 5.76 Å². The van der Waals surface area contributed by atoms with E-state index < -0.39 is 0 Å². The first-order valence-electron chi connectivity index (χ1n) is 7.11. The Morgan fingerprint density at radius 3 is 2.65 bits per heavy atom. The molecule has 0 saturated carbocycles. The number of thioether (sulfide) groups is 2. The molecular weight excluding hydrogens is 333 g/mol. The first-order valence-corrected chi connectivity index (χ1v) is 9.08. The van der Waals surface area contributed by atoms with Gasteiger partial charge >= 0.3 is 0 Å². The van der Waals surface area contributed by atoms with Crippen LogP contribution in [0.15, 0.2) is 51.1 Å². The van der Waals surface area contributed by atoms with Crippen molar-refractivity contribution in [3.05, 3.63) is 48.2 Å². The van der Waals surface area contributed by atoms with E-state index in [1.165, 1.54) is 17.8 Å². The number of benzene rings is 1. The van der Waals surface area contributed by atoms with Crippen molar-refractivity contribution in [1.29, 1.82) is 0 Å². The van der Waals surface area contributed by atoms with Crippen LogP contribution >= 0.6 is 23.5 Å². The molecule has 0 N–H and O–H groups in total. The highest BCUT2D eigenvalue weighted by Gasteiger charge is 2.14. The van der Waals surface area contributed by atoms with Gasteiger partial charge in [0.2, 0.25) is 0 Å². The monoisotopic (exact) mass is 349 g/mol. The summed E-state index contributed by atoms with van der Waals surface area (Å²) in [5.74, 6) is 3.08. The molecule has 2 aromatic heterocycles. The van der Waals surface area contributed by atoms with Crippen molar-refractivity contribution in [3.8, 4) is 11.4 Å². The summed E-state index contributed by atoms with van der Waals surface area (Å²) in [6, 6.07) is 8.72. The fourth-order valence-corrected chi connectivity index (χ4v) is 3.97. The molecule has 23 heavy (non-hydrogen) atoms. The van der Waals surface area contributed by atoms with Crippen LogP contribution in [0.3, 0.4) is 0 Å². The lowest BCUT2D eigenvalue weighted by Crippen LogP contribution is -1.96. The summed E-state index contributed by atoms with van der Waals surface area (Å²) in [7, 11) is 1.94. The summed E-state index contributed by atoms with van der Waals surface area (Å²) >= 11 is 3.12. The van der Waals surface area contributed by atoms with Gasteiger partial charge in [-0.3, -0.25) is 0 Å². The minimum Gasteiger partial charge on any atom is -0.469 e. The van der Waals surface area contributed by atoms with Gasteiger partial charge in [-0.15, -0.1) is 22.0 Å². The van der Waals surface area contributed by atoms with Crippen LogP contribution in [0, 0.1) is 12.7 Å². The zero-order valence-corrected chi connectivity index (χ0v) is 14.5. The number of nitrogens with zero attached hydrogens (tertiary/aromatic N) is 3. The highest BCUT2D eigenvalue weighted by atomic mass is 32.2. The molecule has 0 amide bonds. The minimum absolute atomic E-state index is 0.168. The summed E-state index contributed by atoms with van der Waals surface area (Å²) in [4.78, 5) is 0.681. The van der Waals surface area contributed by atoms with Crippen molar-refractivity contribution >= 4 is 23.5 Å². The normalized spacial score (nSPS) is 11.1. The Morgan fingerprint density at radius 2 is 1.91 bits per heavy atom. The van der Waals surface area contributed by atoms with E-state index in [1.807, 2.05) is 30.7 Å². The smallest absolute Gasteiger partial charge is 0.191 e. The number of hydrogen-bond acceptors (Lipinski definition) is 5. The number of aromatic nitrogens is 3. The van der Waals surface area contributed by atoms with Gasteiger partial charge in [0, 0.05) is 23.4 Å². The number of hydrogen-bond donors (Lipinski definition) is 0. The molecule has 0 aliphatic rings. The fraction of sp³-hybridized carbons (Fsp3) is 0.250. The molecule has 0 fully saturated rings. The highest BCUT2D eigenvalue weighted by Crippen LogP contribution is 2.27. The molecule has 7 heteroatoms. The van der Waals surface area contributed by atoms with Crippen molar-refractivity contribution in [2.45, 2.75) is 17.0 Å². The molecule has 0 saturated heterocycles. The summed E-state index contributed by atoms with van der Waals surface area (Å²) in [6.45, 7) is 1.90. The first kappa shape index (κ1) is 16.1. The Labute approximate surface area is 142 Å². The molecule has 0 unspecified atom stereocenters. The molecule has 3 aromatic rings.